The third kappa shape index (κ3) is 8.28. The lowest BCUT2D eigenvalue weighted by molar-refractivity contribution is -0.139. The molecule has 1 amide bonds. The van der Waals surface area contributed by atoms with Gasteiger partial charge in [-0.3, -0.25) is 9.79 Å². The number of carbonyl (C=O) groups excluding carboxylic acids is 1. The summed E-state index contributed by atoms with van der Waals surface area (Å²) in [6.07, 6.45) is 0.0834. The summed E-state index contributed by atoms with van der Waals surface area (Å²) in [5, 5.41) is 6.35. The molecule has 0 atom stereocenters. The van der Waals surface area contributed by atoms with Gasteiger partial charge in [0.2, 0.25) is 11.8 Å². The summed E-state index contributed by atoms with van der Waals surface area (Å²) in [6, 6.07) is 2.34. The van der Waals surface area contributed by atoms with Crippen molar-refractivity contribution in [2.24, 2.45) is 10.9 Å². The van der Waals surface area contributed by atoms with Crippen LogP contribution >= 0.6 is 24.0 Å². The summed E-state index contributed by atoms with van der Waals surface area (Å²) in [7, 11) is 1.63. The highest BCUT2D eigenvalue weighted by atomic mass is 127. The first kappa shape index (κ1) is 28.2. The highest BCUT2D eigenvalue weighted by Crippen LogP contribution is 2.34. The predicted octanol–water partition coefficient (Wildman–Crippen LogP) is 3.69. The minimum absolute atomic E-state index is 0. The Morgan fingerprint density at radius 1 is 1.31 bits per heavy atom. The molecule has 2 heterocycles. The van der Waals surface area contributed by atoms with E-state index in [0.29, 0.717) is 19.0 Å². The van der Waals surface area contributed by atoms with Gasteiger partial charge in [0.1, 0.15) is 12.2 Å². The molecule has 7 nitrogen and oxygen atoms in total. The fraction of sp³-hybridized carbons (Fsp3) is 0.667. The van der Waals surface area contributed by atoms with E-state index in [2.05, 4.69) is 20.6 Å². The third-order valence-corrected chi connectivity index (χ3v) is 5.42. The van der Waals surface area contributed by atoms with Crippen LogP contribution in [-0.2, 0) is 11.0 Å². The Morgan fingerprint density at radius 3 is 2.53 bits per heavy atom. The number of carbonyl (C=O) groups is 1. The lowest BCUT2D eigenvalue weighted by Gasteiger charge is -2.34. The van der Waals surface area contributed by atoms with Crippen LogP contribution < -0.4 is 15.4 Å². The first-order chi connectivity index (χ1) is 14.8. The van der Waals surface area contributed by atoms with E-state index >= 15 is 0 Å². The summed E-state index contributed by atoms with van der Waals surface area (Å²) in [4.78, 5) is 22.3. The summed E-state index contributed by atoms with van der Waals surface area (Å²) >= 11 is 0. The number of amides is 1. The number of hydrogen-bond acceptors (Lipinski definition) is 4. The number of rotatable bonds is 8. The van der Waals surface area contributed by atoms with Gasteiger partial charge in [0.05, 0.1) is 6.54 Å². The molecular weight excluding hydrogens is 538 g/mol. The molecule has 0 spiro atoms. The van der Waals surface area contributed by atoms with Crippen LogP contribution in [0.3, 0.4) is 0 Å². The van der Waals surface area contributed by atoms with Crippen LogP contribution in [0.1, 0.15) is 45.1 Å². The Bertz CT molecular complexity index is 736. The van der Waals surface area contributed by atoms with Gasteiger partial charge in [-0.2, -0.15) is 13.2 Å². The van der Waals surface area contributed by atoms with Gasteiger partial charge in [-0.1, -0.05) is 13.8 Å². The first-order valence-electron chi connectivity index (χ1n) is 10.7. The van der Waals surface area contributed by atoms with E-state index < -0.39 is 17.6 Å². The number of likely N-dealkylation sites (tertiary alicyclic amines) is 1. The highest BCUT2D eigenvalue weighted by Gasteiger charge is 2.35. The molecule has 0 unspecified atom stereocenters. The molecule has 0 aromatic carbocycles. The lowest BCUT2D eigenvalue weighted by Crippen LogP contribution is -2.51. The normalized spacial score (nSPS) is 15.3. The fourth-order valence-corrected chi connectivity index (χ4v) is 3.57. The van der Waals surface area contributed by atoms with E-state index in [4.69, 9.17) is 4.74 Å². The molecule has 1 saturated heterocycles. The zero-order valence-electron chi connectivity index (χ0n) is 18.7. The van der Waals surface area contributed by atoms with E-state index in [1.54, 1.807) is 7.05 Å². The molecule has 1 aliphatic heterocycles. The number of piperidine rings is 1. The Kier molecular flexibility index (Phi) is 12.1. The second kappa shape index (κ2) is 13.7. The number of pyridine rings is 1. The van der Waals surface area contributed by atoms with Gasteiger partial charge >= 0.3 is 6.18 Å². The molecule has 0 aliphatic carbocycles. The summed E-state index contributed by atoms with van der Waals surface area (Å²) in [5.41, 5.74) is -0.896. The number of hydrogen-bond donors (Lipinski definition) is 2. The van der Waals surface area contributed by atoms with Crippen molar-refractivity contribution in [2.45, 2.75) is 51.7 Å². The molecule has 11 heteroatoms. The Balaban J connectivity index is 0.00000512. The van der Waals surface area contributed by atoms with Crippen molar-refractivity contribution in [3.8, 4) is 5.88 Å². The standard InChI is InChI=1S/C21H32F3N5O2.HI/c1-4-15(5-2)19(30)29-12-8-16(9-13-29)28-20(25-3)27-11-14-31-18-17(21(22,23)24)7-6-10-26-18;/h6-7,10,15-16H,4-5,8-9,11-14H2,1-3H3,(H2,25,27,28);1H. The molecule has 0 radical (unpaired) electrons. The summed E-state index contributed by atoms with van der Waals surface area (Å²) < 4.78 is 44.1. The molecule has 182 valence electrons. The van der Waals surface area contributed by atoms with Crippen molar-refractivity contribution in [2.75, 3.05) is 33.3 Å². The zero-order chi connectivity index (χ0) is 22.9. The van der Waals surface area contributed by atoms with Crippen LogP contribution in [-0.4, -0.2) is 61.1 Å². The number of alkyl halides is 3. The largest absolute Gasteiger partial charge is 0.475 e. The van der Waals surface area contributed by atoms with Crippen LogP contribution in [0, 0.1) is 5.92 Å². The molecule has 0 bridgehead atoms. The summed E-state index contributed by atoms with van der Waals surface area (Å²) in [6.45, 7) is 5.75. The first-order valence-corrected chi connectivity index (χ1v) is 10.7. The second-order valence-corrected chi connectivity index (χ2v) is 7.46. The van der Waals surface area contributed by atoms with Crippen molar-refractivity contribution in [1.82, 2.24) is 20.5 Å². The van der Waals surface area contributed by atoms with E-state index in [9.17, 15) is 18.0 Å². The van der Waals surface area contributed by atoms with Crippen molar-refractivity contribution in [3.05, 3.63) is 23.9 Å². The second-order valence-electron chi connectivity index (χ2n) is 7.46. The number of guanidine groups is 1. The average Bonchev–Trinajstić information content (AvgIpc) is 2.76. The van der Waals surface area contributed by atoms with Crippen LogP contribution in [0.2, 0.25) is 0 Å². The molecule has 1 aliphatic rings. The molecule has 2 rings (SSSR count). The predicted molar refractivity (Wildman–Crippen MR) is 128 cm³/mol. The van der Waals surface area contributed by atoms with Gasteiger partial charge in [-0.05, 0) is 37.8 Å². The topological polar surface area (TPSA) is 78.9 Å². The maximum atomic E-state index is 13.0. The maximum absolute atomic E-state index is 13.0. The highest BCUT2D eigenvalue weighted by molar-refractivity contribution is 14.0. The molecule has 1 aromatic heterocycles. The quantitative estimate of drug-likeness (QED) is 0.216. The molecule has 2 N–H and O–H groups in total. The van der Waals surface area contributed by atoms with Gasteiger partial charge in [-0.25, -0.2) is 4.98 Å². The molecular formula is C21H33F3IN5O2. The smallest absolute Gasteiger partial charge is 0.421 e. The SMILES string of the molecule is CCC(CC)C(=O)N1CCC(NC(=NC)NCCOc2ncccc2C(F)(F)F)CC1.I. The van der Waals surface area contributed by atoms with E-state index in [0.717, 1.165) is 31.7 Å². The van der Waals surface area contributed by atoms with E-state index in [1.165, 1.54) is 12.3 Å². The zero-order valence-corrected chi connectivity index (χ0v) is 21.1. The Labute approximate surface area is 204 Å². The Morgan fingerprint density at radius 2 is 1.97 bits per heavy atom. The monoisotopic (exact) mass is 571 g/mol. The van der Waals surface area contributed by atoms with Crippen molar-refractivity contribution in [3.63, 3.8) is 0 Å². The number of aromatic nitrogens is 1. The van der Waals surface area contributed by atoms with Crippen LogP contribution in [0.25, 0.3) is 0 Å². The Hall–Kier alpha value is -1.79. The number of aliphatic imine (C=N–C) groups is 1. The fourth-order valence-electron chi connectivity index (χ4n) is 3.57. The molecule has 0 saturated carbocycles. The van der Waals surface area contributed by atoms with Crippen LogP contribution in [0.15, 0.2) is 23.3 Å². The minimum atomic E-state index is -4.51. The maximum Gasteiger partial charge on any atom is 0.421 e. The number of halogens is 4. The van der Waals surface area contributed by atoms with Gasteiger partial charge in [0, 0.05) is 38.3 Å². The van der Waals surface area contributed by atoms with Gasteiger partial charge in [-0.15, -0.1) is 24.0 Å². The molecule has 32 heavy (non-hydrogen) atoms. The number of ether oxygens (including phenoxy) is 1. The molecule has 1 aromatic rings. The molecule has 1 fully saturated rings. The van der Waals surface area contributed by atoms with Gasteiger partial charge < -0.3 is 20.3 Å². The van der Waals surface area contributed by atoms with Gasteiger partial charge in [0.15, 0.2) is 5.96 Å². The van der Waals surface area contributed by atoms with Crippen LogP contribution in [0.4, 0.5) is 13.2 Å². The lowest BCUT2D eigenvalue weighted by atomic mass is 9.98. The van der Waals surface area contributed by atoms with Crippen molar-refractivity contribution < 1.29 is 22.7 Å². The van der Waals surface area contributed by atoms with Gasteiger partial charge in [0.25, 0.3) is 0 Å². The third-order valence-electron chi connectivity index (χ3n) is 5.42. The van der Waals surface area contributed by atoms with Crippen molar-refractivity contribution in [1.29, 1.82) is 0 Å². The van der Waals surface area contributed by atoms with E-state index in [1.807, 2.05) is 18.7 Å². The average molecular weight is 571 g/mol. The summed E-state index contributed by atoms with van der Waals surface area (Å²) in [5.74, 6) is 0.437. The minimum Gasteiger partial charge on any atom is -0.475 e. The number of nitrogens with one attached hydrogen (secondary N) is 2. The van der Waals surface area contributed by atoms with Crippen molar-refractivity contribution >= 4 is 35.8 Å². The number of nitrogens with zero attached hydrogens (tertiary/aromatic N) is 3. The van der Waals surface area contributed by atoms with E-state index in [-0.39, 0.29) is 55.0 Å². The van der Waals surface area contributed by atoms with Crippen LogP contribution in [0.5, 0.6) is 5.88 Å².